The van der Waals surface area contributed by atoms with Crippen molar-refractivity contribution in [3.63, 3.8) is 0 Å². The molecule has 1 nitrogen and oxygen atoms in total. The van der Waals surface area contributed by atoms with Gasteiger partial charge in [0.15, 0.2) is 0 Å². The van der Waals surface area contributed by atoms with Gasteiger partial charge in [0.05, 0.1) is 6.10 Å². The first-order valence-corrected chi connectivity index (χ1v) is 6.09. The van der Waals surface area contributed by atoms with E-state index in [0.29, 0.717) is 0 Å². The van der Waals surface area contributed by atoms with Crippen molar-refractivity contribution in [2.24, 2.45) is 0 Å². The first-order valence-electron chi connectivity index (χ1n) is 6.09. The predicted octanol–water partition coefficient (Wildman–Crippen LogP) is 3.67. The van der Waals surface area contributed by atoms with Gasteiger partial charge >= 0.3 is 0 Å². The van der Waals surface area contributed by atoms with Crippen LogP contribution in [0, 0.1) is 0 Å². The molecule has 0 heterocycles. The summed E-state index contributed by atoms with van der Waals surface area (Å²) in [4.78, 5) is 0. The zero-order valence-corrected chi connectivity index (χ0v) is 10.1. The van der Waals surface area contributed by atoms with E-state index in [4.69, 9.17) is 0 Å². The molecular weight excluding hydrogens is 208 g/mol. The largest absolute Gasteiger partial charge is 0.393 e. The quantitative estimate of drug-likeness (QED) is 0.843. The first-order chi connectivity index (χ1) is 8.27. The van der Waals surface area contributed by atoms with Crippen LogP contribution < -0.4 is 0 Å². The summed E-state index contributed by atoms with van der Waals surface area (Å²) in [6.45, 7) is 1.84. The molecule has 1 heteroatoms. The number of hydrogen-bond donors (Lipinski definition) is 1. The van der Waals surface area contributed by atoms with Crippen LogP contribution in [0.4, 0.5) is 0 Å². The molecule has 0 aliphatic rings. The zero-order chi connectivity index (χ0) is 12.1. The summed E-state index contributed by atoms with van der Waals surface area (Å²) in [7, 11) is 0. The molecule has 2 rings (SSSR count). The van der Waals surface area contributed by atoms with Crippen LogP contribution in [0.1, 0.15) is 18.9 Å². The number of aliphatic hydroxyl groups is 1. The Morgan fingerprint density at radius 1 is 0.941 bits per heavy atom. The number of rotatable bonds is 4. The molecule has 0 aromatic heterocycles. The fourth-order valence-electron chi connectivity index (χ4n) is 2.00. The Morgan fingerprint density at radius 2 is 1.59 bits per heavy atom. The van der Waals surface area contributed by atoms with E-state index >= 15 is 0 Å². The van der Waals surface area contributed by atoms with Crippen LogP contribution in [0.15, 0.2) is 54.6 Å². The lowest BCUT2D eigenvalue weighted by atomic mass is 9.96. The third-order valence-electron chi connectivity index (χ3n) is 2.93. The average Bonchev–Trinajstić information content (AvgIpc) is 2.38. The molecule has 0 bridgehead atoms. The van der Waals surface area contributed by atoms with Gasteiger partial charge in [-0.2, -0.15) is 0 Å². The van der Waals surface area contributed by atoms with Gasteiger partial charge in [-0.15, -0.1) is 0 Å². The van der Waals surface area contributed by atoms with Crippen LogP contribution in [0.25, 0.3) is 11.1 Å². The van der Waals surface area contributed by atoms with E-state index in [9.17, 15) is 5.11 Å². The first kappa shape index (κ1) is 11.9. The van der Waals surface area contributed by atoms with Crippen molar-refractivity contribution in [2.75, 3.05) is 0 Å². The predicted molar refractivity (Wildman–Crippen MR) is 71.9 cm³/mol. The van der Waals surface area contributed by atoms with E-state index in [-0.39, 0.29) is 6.10 Å². The SMILES string of the molecule is CC(O)CCc1ccccc1-c1ccccc1. The molecule has 1 atom stereocenters. The molecular formula is C16H18O. The van der Waals surface area contributed by atoms with Crippen molar-refractivity contribution in [2.45, 2.75) is 25.9 Å². The fraction of sp³-hybridized carbons (Fsp3) is 0.250. The van der Waals surface area contributed by atoms with E-state index < -0.39 is 0 Å². The second kappa shape index (κ2) is 5.65. The summed E-state index contributed by atoms with van der Waals surface area (Å²) < 4.78 is 0. The van der Waals surface area contributed by atoms with Gasteiger partial charge in [-0.1, -0.05) is 54.6 Å². The lowest BCUT2D eigenvalue weighted by Gasteiger charge is -2.10. The summed E-state index contributed by atoms with van der Waals surface area (Å²) in [5.41, 5.74) is 3.82. The van der Waals surface area contributed by atoms with Gasteiger partial charge < -0.3 is 5.11 Å². The standard InChI is InChI=1S/C16H18O/c1-13(17)11-12-15-9-5-6-10-16(15)14-7-3-2-4-8-14/h2-10,13,17H,11-12H2,1H3. The lowest BCUT2D eigenvalue weighted by Crippen LogP contribution is -2.02. The Bertz CT molecular complexity index is 460. The Kier molecular flexibility index (Phi) is 3.94. The highest BCUT2D eigenvalue weighted by Crippen LogP contribution is 2.24. The summed E-state index contributed by atoms with van der Waals surface area (Å²) >= 11 is 0. The summed E-state index contributed by atoms with van der Waals surface area (Å²) in [5, 5.41) is 9.38. The average molecular weight is 226 g/mol. The van der Waals surface area contributed by atoms with Gasteiger partial charge in [0.2, 0.25) is 0 Å². The van der Waals surface area contributed by atoms with Gasteiger partial charge in [-0.3, -0.25) is 0 Å². The molecule has 0 aliphatic heterocycles. The van der Waals surface area contributed by atoms with Crippen molar-refractivity contribution in [3.05, 3.63) is 60.2 Å². The molecule has 0 saturated heterocycles. The molecule has 1 N–H and O–H groups in total. The van der Waals surface area contributed by atoms with Crippen LogP contribution in [-0.4, -0.2) is 11.2 Å². The fourth-order valence-corrected chi connectivity index (χ4v) is 2.00. The molecule has 2 aromatic carbocycles. The summed E-state index contributed by atoms with van der Waals surface area (Å²) in [5.74, 6) is 0. The number of aryl methyl sites for hydroxylation is 1. The smallest absolute Gasteiger partial charge is 0.0515 e. The third-order valence-corrected chi connectivity index (χ3v) is 2.93. The Morgan fingerprint density at radius 3 is 2.29 bits per heavy atom. The van der Waals surface area contributed by atoms with E-state index in [1.807, 2.05) is 13.0 Å². The molecule has 17 heavy (non-hydrogen) atoms. The Balaban J connectivity index is 2.28. The topological polar surface area (TPSA) is 20.2 Å². The van der Waals surface area contributed by atoms with Gasteiger partial charge in [0.1, 0.15) is 0 Å². The van der Waals surface area contributed by atoms with E-state index in [0.717, 1.165) is 12.8 Å². The summed E-state index contributed by atoms with van der Waals surface area (Å²) in [6.07, 6.45) is 1.49. The van der Waals surface area contributed by atoms with Crippen LogP contribution in [0.2, 0.25) is 0 Å². The van der Waals surface area contributed by atoms with Crippen molar-refractivity contribution in [3.8, 4) is 11.1 Å². The van der Waals surface area contributed by atoms with Crippen LogP contribution in [0.5, 0.6) is 0 Å². The summed E-state index contributed by atoms with van der Waals surface area (Å²) in [6, 6.07) is 18.8. The molecule has 1 unspecified atom stereocenters. The minimum absolute atomic E-state index is 0.237. The van der Waals surface area contributed by atoms with Crippen molar-refractivity contribution >= 4 is 0 Å². The van der Waals surface area contributed by atoms with Crippen LogP contribution >= 0.6 is 0 Å². The van der Waals surface area contributed by atoms with Crippen LogP contribution in [0.3, 0.4) is 0 Å². The highest BCUT2D eigenvalue weighted by Gasteiger charge is 2.05. The lowest BCUT2D eigenvalue weighted by molar-refractivity contribution is 0.185. The van der Waals surface area contributed by atoms with Crippen molar-refractivity contribution < 1.29 is 5.11 Å². The molecule has 0 saturated carbocycles. The zero-order valence-electron chi connectivity index (χ0n) is 10.1. The second-order valence-electron chi connectivity index (χ2n) is 4.41. The maximum atomic E-state index is 9.38. The second-order valence-corrected chi connectivity index (χ2v) is 4.41. The number of benzene rings is 2. The van der Waals surface area contributed by atoms with Gasteiger partial charge in [-0.05, 0) is 36.5 Å². The molecule has 2 aromatic rings. The van der Waals surface area contributed by atoms with E-state index in [2.05, 4.69) is 48.5 Å². The van der Waals surface area contributed by atoms with Crippen molar-refractivity contribution in [1.82, 2.24) is 0 Å². The third kappa shape index (κ3) is 3.18. The molecule has 0 aliphatic carbocycles. The van der Waals surface area contributed by atoms with Gasteiger partial charge in [-0.25, -0.2) is 0 Å². The van der Waals surface area contributed by atoms with Gasteiger partial charge in [0.25, 0.3) is 0 Å². The van der Waals surface area contributed by atoms with E-state index in [1.54, 1.807) is 0 Å². The Hall–Kier alpha value is -1.60. The normalized spacial score (nSPS) is 12.4. The highest BCUT2D eigenvalue weighted by atomic mass is 16.3. The minimum atomic E-state index is -0.237. The molecule has 88 valence electrons. The monoisotopic (exact) mass is 226 g/mol. The minimum Gasteiger partial charge on any atom is -0.393 e. The molecule has 0 fully saturated rings. The molecule has 0 amide bonds. The maximum absolute atomic E-state index is 9.38. The van der Waals surface area contributed by atoms with Crippen LogP contribution in [-0.2, 0) is 6.42 Å². The maximum Gasteiger partial charge on any atom is 0.0515 e. The van der Waals surface area contributed by atoms with E-state index in [1.165, 1.54) is 16.7 Å². The highest BCUT2D eigenvalue weighted by molar-refractivity contribution is 5.67. The number of hydrogen-bond acceptors (Lipinski definition) is 1. The number of aliphatic hydroxyl groups excluding tert-OH is 1. The molecule has 0 radical (unpaired) electrons. The Labute approximate surface area is 103 Å². The van der Waals surface area contributed by atoms with Crippen molar-refractivity contribution in [1.29, 1.82) is 0 Å². The van der Waals surface area contributed by atoms with Gasteiger partial charge in [0, 0.05) is 0 Å². The molecule has 0 spiro atoms.